The Morgan fingerprint density at radius 3 is 2.78 bits per heavy atom. The van der Waals surface area contributed by atoms with Gasteiger partial charge in [0.2, 0.25) is 0 Å². The van der Waals surface area contributed by atoms with Crippen LogP contribution in [0.25, 0.3) is 0 Å². The Balaban J connectivity index is 2.06. The molecule has 0 aromatic carbocycles. The van der Waals surface area contributed by atoms with Crippen molar-refractivity contribution in [2.75, 3.05) is 0 Å². The summed E-state index contributed by atoms with van der Waals surface area (Å²) >= 11 is 0. The molecule has 0 aliphatic heterocycles. The molecule has 1 heterocycles. The second-order valence-electron chi connectivity index (χ2n) is 5.49. The Morgan fingerprint density at radius 1 is 1.44 bits per heavy atom. The van der Waals surface area contributed by atoms with Crippen molar-refractivity contribution in [3.05, 3.63) is 17.5 Å². The minimum absolute atomic E-state index is 0.245. The van der Waals surface area contributed by atoms with Crippen LogP contribution in [0.4, 0.5) is 0 Å². The number of nitrogens with one attached hydrogen (secondary N) is 1. The Kier molecular flexibility index (Phi) is 4.78. The molecule has 1 saturated carbocycles. The van der Waals surface area contributed by atoms with E-state index < -0.39 is 0 Å². The van der Waals surface area contributed by atoms with E-state index in [-0.39, 0.29) is 6.04 Å². The van der Waals surface area contributed by atoms with Gasteiger partial charge in [-0.2, -0.15) is 5.10 Å². The van der Waals surface area contributed by atoms with Gasteiger partial charge >= 0.3 is 0 Å². The van der Waals surface area contributed by atoms with Crippen LogP contribution in [0.2, 0.25) is 0 Å². The molecule has 0 saturated heterocycles. The predicted octanol–water partition coefficient (Wildman–Crippen LogP) is 2.69. The van der Waals surface area contributed by atoms with Crippen molar-refractivity contribution in [3.63, 3.8) is 0 Å². The van der Waals surface area contributed by atoms with E-state index in [9.17, 15) is 0 Å². The number of hydrogen-bond donors (Lipinski definition) is 2. The SMILES string of the molecule is CCn1nc(C)cc1C(CC1CCCCC1)NN. The maximum Gasteiger partial charge on any atom is 0.0631 e. The van der Waals surface area contributed by atoms with Gasteiger partial charge in [-0.3, -0.25) is 16.0 Å². The smallest absolute Gasteiger partial charge is 0.0631 e. The average Bonchev–Trinajstić information content (AvgIpc) is 2.78. The van der Waals surface area contributed by atoms with Crippen molar-refractivity contribution in [3.8, 4) is 0 Å². The number of hydrazine groups is 1. The molecule has 1 fully saturated rings. The molecule has 102 valence electrons. The molecule has 3 N–H and O–H groups in total. The first-order chi connectivity index (χ1) is 8.74. The topological polar surface area (TPSA) is 55.9 Å². The molecule has 1 aromatic rings. The van der Waals surface area contributed by atoms with Crippen molar-refractivity contribution >= 4 is 0 Å². The van der Waals surface area contributed by atoms with Gasteiger partial charge in [0.15, 0.2) is 0 Å². The Labute approximate surface area is 110 Å². The summed E-state index contributed by atoms with van der Waals surface area (Å²) in [6.45, 7) is 5.08. The monoisotopic (exact) mass is 250 g/mol. The van der Waals surface area contributed by atoms with Crippen molar-refractivity contribution in [1.82, 2.24) is 15.2 Å². The molecule has 1 aliphatic rings. The highest BCUT2D eigenvalue weighted by Gasteiger charge is 2.22. The lowest BCUT2D eigenvalue weighted by Gasteiger charge is -2.26. The molecule has 4 nitrogen and oxygen atoms in total. The zero-order valence-electron chi connectivity index (χ0n) is 11.7. The molecule has 2 rings (SSSR count). The molecule has 0 amide bonds. The summed E-state index contributed by atoms with van der Waals surface area (Å²) in [5.41, 5.74) is 5.31. The second kappa shape index (κ2) is 6.34. The lowest BCUT2D eigenvalue weighted by molar-refractivity contribution is 0.294. The van der Waals surface area contributed by atoms with E-state index in [2.05, 4.69) is 28.2 Å². The highest BCUT2D eigenvalue weighted by Crippen LogP contribution is 2.31. The summed E-state index contributed by atoms with van der Waals surface area (Å²) in [4.78, 5) is 0. The van der Waals surface area contributed by atoms with Crippen LogP contribution in [-0.2, 0) is 6.54 Å². The Morgan fingerprint density at radius 2 is 2.17 bits per heavy atom. The first-order valence-corrected chi connectivity index (χ1v) is 7.25. The highest BCUT2D eigenvalue weighted by atomic mass is 15.3. The highest BCUT2D eigenvalue weighted by molar-refractivity contribution is 5.13. The van der Waals surface area contributed by atoms with Crippen molar-refractivity contribution in [2.24, 2.45) is 11.8 Å². The molecular formula is C14H26N4. The zero-order chi connectivity index (χ0) is 13.0. The molecule has 1 unspecified atom stereocenters. The zero-order valence-corrected chi connectivity index (χ0v) is 11.7. The van der Waals surface area contributed by atoms with Crippen molar-refractivity contribution in [2.45, 2.75) is 65.0 Å². The summed E-state index contributed by atoms with van der Waals surface area (Å²) in [5.74, 6) is 6.58. The lowest BCUT2D eigenvalue weighted by Crippen LogP contribution is -2.31. The summed E-state index contributed by atoms with van der Waals surface area (Å²) < 4.78 is 2.07. The fourth-order valence-corrected chi connectivity index (χ4v) is 3.13. The molecule has 4 heteroatoms. The Bertz CT molecular complexity index is 366. The van der Waals surface area contributed by atoms with Crippen LogP contribution in [-0.4, -0.2) is 9.78 Å². The molecule has 0 spiro atoms. The van der Waals surface area contributed by atoms with Crippen LogP contribution >= 0.6 is 0 Å². The second-order valence-corrected chi connectivity index (χ2v) is 5.49. The van der Waals surface area contributed by atoms with E-state index in [4.69, 9.17) is 5.84 Å². The minimum Gasteiger partial charge on any atom is -0.271 e. The van der Waals surface area contributed by atoms with Crippen LogP contribution in [0.15, 0.2) is 6.07 Å². The molecule has 0 bridgehead atoms. The van der Waals surface area contributed by atoms with Gasteiger partial charge in [-0.05, 0) is 32.3 Å². The lowest BCUT2D eigenvalue weighted by atomic mass is 9.84. The average molecular weight is 250 g/mol. The van der Waals surface area contributed by atoms with Gasteiger partial charge in [0, 0.05) is 6.54 Å². The first kappa shape index (κ1) is 13.6. The minimum atomic E-state index is 0.245. The molecule has 1 aromatic heterocycles. The molecule has 18 heavy (non-hydrogen) atoms. The van der Waals surface area contributed by atoms with E-state index in [1.807, 2.05) is 6.92 Å². The Hall–Kier alpha value is -0.870. The summed E-state index contributed by atoms with van der Waals surface area (Å²) in [5, 5.41) is 4.51. The standard InChI is InChI=1S/C14H26N4/c1-3-18-14(9-11(2)17-18)13(16-15)10-12-7-5-4-6-8-12/h9,12-13,16H,3-8,10,15H2,1-2H3. The molecular weight excluding hydrogens is 224 g/mol. The van der Waals surface area contributed by atoms with E-state index in [1.54, 1.807) is 0 Å². The normalized spacial score (nSPS) is 19.1. The van der Waals surface area contributed by atoms with Gasteiger partial charge in [0.1, 0.15) is 0 Å². The summed E-state index contributed by atoms with van der Waals surface area (Å²) in [6.07, 6.45) is 8.03. The van der Waals surface area contributed by atoms with Gasteiger partial charge in [-0.15, -0.1) is 0 Å². The fourth-order valence-electron chi connectivity index (χ4n) is 3.13. The van der Waals surface area contributed by atoms with Crippen molar-refractivity contribution < 1.29 is 0 Å². The van der Waals surface area contributed by atoms with E-state index in [0.717, 1.165) is 24.6 Å². The quantitative estimate of drug-likeness (QED) is 0.624. The van der Waals surface area contributed by atoms with Crippen LogP contribution in [0.5, 0.6) is 0 Å². The van der Waals surface area contributed by atoms with Crippen LogP contribution in [0.3, 0.4) is 0 Å². The number of nitrogens with two attached hydrogens (primary N) is 1. The number of hydrogen-bond acceptors (Lipinski definition) is 3. The van der Waals surface area contributed by atoms with Crippen LogP contribution < -0.4 is 11.3 Å². The third-order valence-electron chi connectivity index (χ3n) is 4.08. The van der Waals surface area contributed by atoms with Crippen molar-refractivity contribution in [1.29, 1.82) is 0 Å². The largest absolute Gasteiger partial charge is 0.271 e. The molecule has 1 aliphatic carbocycles. The number of aryl methyl sites for hydroxylation is 2. The molecule has 1 atom stereocenters. The van der Waals surface area contributed by atoms with Gasteiger partial charge in [0.25, 0.3) is 0 Å². The maximum atomic E-state index is 5.76. The van der Waals surface area contributed by atoms with Crippen LogP contribution in [0, 0.1) is 12.8 Å². The predicted molar refractivity (Wildman–Crippen MR) is 73.9 cm³/mol. The third kappa shape index (κ3) is 3.12. The van der Waals surface area contributed by atoms with Gasteiger partial charge in [-0.25, -0.2) is 0 Å². The number of nitrogens with zero attached hydrogens (tertiary/aromatic N) is 2. The number of rotatable bonds is 5. The van der Waals surface area contributed by atoms with E-state index in [1.165, 1.54) is 37.8 Å². The van der Waals surface area contributed by atoms with Gasteiger partial charge in [0.05, 0.1) is 17.4 Å². The van der Waals surface area contributed by atoms with E-state index in [0.29, 0.717) is 0 Å². The van der Waals surface area contributed by atoms with Gasteiger partial charge < -0.3 is 0 Å². The van der Waals surface area contributed by atoms with Gasteiger partial charge in [-0.1, -0.05) is 32.1 Å². The number of aromatic nitrogens is 2. The third-order valence-corrected chi connectivity index (χ3v) is 4.08. The maximum absolute atomic E-state index is 5.76. The molecule has 0 radical (unpaired) electrons. The first-order valence-electron chi connectivity index (χ1n) is 7.25. The summed E-state index contributed by atoms with van der Waals surface area (Å²) in [6, 6.07) is 2.41. The van der Waals surface area contributed by atoms with Crippen LogP contribution in [0.1, 0.15) is 62.9 Å². The van der Waals surface area contributed by atoms with E-state index >= 15 is 0 Å². The summed E-state index contributed by atoms with van der Waals surface area (Å²) in [7, 11) is 0. The fraction of sp³-hybridized carbons (Fsp3) is 0.786.